The van der Waals surface area contributed by atoms with E-state index in [2.05, 4.69) is 5.32 Å². The number of nitrogens with one attached hydrogen (secondary N) is 1. The van der Waals surface area contributed by atoms with Crippen molar-refractivity contribution in [1.29, 1.82) is 0 Å². The summed E-state index contributed by atoms with van der Waals surface area (Å²) in [6, 6.07) is 9.61. The average molecular weight is 430 g/mol. The van der Waals surface area contributed by atoms with Gasteiger partial charge in [-0.25, -0.2) is 0 Å². The molecule has 0 atom stereocenters. The van der Waals surface area contributed by atoms with Crippen molar-refractivity contribution < 1.29 is 19.1 Å². The maximum Gasteiger partial charge on any atom is 0.320 e. The Morgan fingerprint density at radius 1 is 1.13 bits per heavy atom. The van der Waals surface area contributed by atoms with Crippen LogP contribution < -0.4 is 11.1 Å². The smallest absolute Gasteiger partial charge is 0.320 e. The van der Waals surface area contributed by atoms with Crippen molar-refractivity contribution in [2.45, 2.75) is 39.2 Å². The van der Waals surface area contributed by atoms with Crippen LogP contribution in [-0.4, -0.2) is 42.4 Å². The van der Waals surface area contributed by atoms with Crippen molar-refractivity contribution in [3.8, 4) is 0 Å². The van der Waals surface area contributed by atoms with Crippen LogP contribution in [-0.2, 0) is 33.7 Å². The van der Waals surface area contributed by atoms with Crippen LogP contribution in [0.4, 0.5) is 5.00 Å². The van der Waals surface area contributed by atoms with E-state index in [1.165, 1.54) is 11.3 Å². The number of ether oxygens (including phenoxy) is 1. The lowest BCUT2D eigenvalue weighted by Gasteiger charge is -2.21. The number of nitrogens with two attached hydrogens (primary N) is 1. The molecular formula is C22H27N3O4S. The first-order chi connectivity index (χ1) is 14.5. The Morgan fingerprint density at radius 2 is 1.87 bits per heavy atom. The molecule has 1 aromatic carbocycles. The summed E-state index contributed by atoms with van der Waals surface area (Å²) in [6.45, 7) is 2.45. The lowest BCUT2D eigenvalue weighted by atomic mass is 9.95. The van der Waals surface area contributed by atoms with E-state index in [0.717, 1.165) is 41.7 Å². The topological polar surface area (TPSA) is 102 Å². The third-order valence-electron chi connectivity index (χ3n) is 4.94. The van der Waals surface area contributed by atoms with E-state index in [0.29, 0.717) is 17.1 Å². The van der Waals surface area contributed by atoms with Crippen LogP contribution in [0.1, 0.15) is 46.1 Å². The molecule has 160 valence electrons. The van der Waals surface area contributed by atoms with E-state index in [9.17, 15) is 14.4 Å². The van der Waals surface area contributed by atoms with Crippen molar-refractivity contribution in [1.82, 2.24) is 4.90 Å². The van der Waals surface area contributed by atoms with Crippen LogP contribution in [0.15, 0.2) is 30.3 Å². The maximum absolute atomic E-state index is 12.8. The third kappa shape index (κ3) is 5.67. The van der Waals surface area contributed by atoms with Crippen molar-refractivity contribution in [2.24, 2.45) is 5.73 Å². The molecular weight excluding hydrogens is 402 g/mol. The van der Waals surface area contributed by atoms with E-state index in [-0.39, 0.29) is 31.6 Å². The minimum absolute atomic E-state index is 0.000227. The van der Waals surface area contributed by atoms with E-state index in [1.807, 2.05) is 30.3 Å². The van der Waals surface area contributed by atoms with Crippen LogP contribution in [0, 0.1) is 0 Å². The van der Waals surface area contributed by atoms with Crippen molar-refractivity contribution >= 4 is 34.1 Å². The average Bonchev–Trinajstić information content (AvgIpc) is 3.06. The van der Waals surface area contributed by atoms with Gasteiger partial charge in [0, 0.05) is 11.4 Å². The second-order valence-corrected chi connectivity index (χ2v) is 8.37. The lowest BCUT2D eigenvalue weighted by molar-refractivity contribution is -0.144. The minimum Gasteiger partial charge on any atom is -0.465 e. The van der Waals surface area contributed by atoms with Gasteiger partial charge in [0.05, 0.1) is 25.3 Å². The summed E-state index contributed by atoms with van der Waals surface area (Å²) in [4.78, 5) is 39.7. The van der Waals surface area contributed by atoms with Gasteiger partial charge in [0.15, 0.2) is 0 Å². The molecule has 0 bridgehead atoms. The third-order valence-corrected chi connectivity index (χ3v) is 6.15. The van der Waals surface area contributed by atoms with Crippen molar-refractivity contribution in [2.75, 3.05) is 25.0 Å². The zero-order valence-corrected chi connectivity index (χ0v) is 17.9. The van der Waals surface area contributed by atoms with Gasteiger partial charge in [-0.15, -0.1) is 11.3 Å². The van der Waals surface area contributed by atoms with E-state index < -0.39 is 5.91 Å². The molecule has 0 fully saturated rings. The zero-order chi connectivity index (χ0) is 21.5. The van der Waals surface area contributed by atoms with E-state index in [4.69, 9.17) is 10.5 Å². The molecule has 0 saturated carbocycles. The summed E-state index contributed by atoms with van der Waals surface area (Å²) in [6.07, 6.45) is 3.80. The Balaban J connectivity index is 1.73. The molecule has 0 unspecified atom stereocenters. The van der Waals surface area contributed by atoms with Crippen LogP contribution >= 0.6 is 11.3 Å². The number of primary amides is 1. The number of anilines is 1. The first kappa shape index (κ1) is 22.0. The van der Waals surface area contributed by atoms with Crippen LogP contribution in [0.3, 0.4) is 0 Å². The molecule has 0 aliphatic heterocycles. The van der Waals surface area contributed by atoms with Crippen LogP contribution in [0.2, 0.25) is 0 Å². The molecule has 1 aromatic heterocycles. The van der Waals surface area contributed by atoms with E-state index in [1.54, 1.807) is 11.8 Å². The van der Waals surface area contributed by atoms with Gasteiger partial charge < -0.3 is 15.8 Å². The van der Waals surface area contributed by atoms with Gasteiger partial charge in [-0.1, -0.05) is 30.3 Å². The number of carbonyl (C=O) groups is 3. The monoisotopic (exact) mass is 429 g/mol. The summed E-state index contributed by atoms with van der Waals surface area (Å²) in [5.41, 5.74) is 8.00. The summed E-state index contributed by atoms with van der Waals surface area (Å²) in [7, 11) is 0. The number of benzene rings is 1. The standard InChI is InChI=1S/C22H27N3O4S/c1-2-29-19(27)14-25(12-15-8-4-3-5-9-15)13-18(26)24-22-20(21(23)28)16-10-6-7-11-17(16)30-22/h3-5,8-9H,2,6-7,10-14H2,1H3,(H2,23,28)(H,24,26). The number of thiophene rings is 1. The Morgan fingerprint density at radius 3 is 2.57 bits per heavy atom. The Labute approximate surface area is 180 Å². The number of aryl methyl sites for hydroxylation is 1. The predicted molar refractivity (Wildman–Crippen MR) is 116 cm³/mol. The number of nitrogens with zero attached hydrogens (tertiary/aromatic N) is 1. The molecule has 0 radical (unpaired) electrons. The molecule has 3 rings (SSSR count). The van der Waals surface area contributed by atoms with Gasteiger partial charge in [0.2, 0.25) is 5.91 Å². The fraction of sp³-hybridized carbons (Fsp3) is 0.409. The predicted octanol–water partition coefficient (Wildman–Crippen LogP) is 2.73. The number of hydrogen-bond donors (Lipinski definition) is 2. The van der Waals surface area contributed by atoms with Crippen LogP contribution in [0.5, 0.6) is 0 Å². The molecule has 0 spiro atoms. The molecule has 1 aliphatic rings. The molecule has 3 N–H and O–H groups in total. The number of carbonyl (C=O) groups excluding carboxylic acids is 3. The normalized spacial score (nSPS) is 13.0. The Bertz CT molecular complexity index is 911. The largest absolute Gasteiger partial charge is 0.465 e. The van der Waals surface area contributed by atoms with Gasteiger partial charge in [0.25, 0.3) is 5.91 Å². The second-order valence-electron chi connectivity index (χ2n) is 7.26. The van der Waals surface area contributed by atoms with Gasteiger partial charge >= 0.3 is 5.97 Å². The summed E-state index contributed by atoms with van der Waals surface area (Å²) >= 11 is 1.43. The molecule has 2 aromatic rings. The Kier molecular flexibility index (Phi) is 7.59. The van der Waals surface area contributed by atoms with Gasteiger partial charge in [-0.05, 0) is 43.7 Å². The highest BCUT2D eigenvalue weighted by Crippen LogP contribution is 2.37. The molecule has 0 saturated heterocycles. The van der Waals surface area contributed by atoms with Crippen LogP contribution in [0.25, 0.3) is 0 Å². The lowest BCUT2D eigenvalue weighted by Crippen LogP contribution is -2.37. The van der Waals surface area contributed by atoms with Crippen molar-refractivity contribution in [3.05, 3.63) is 51.9 Å². The van der Waals surface area contributed by atoms with Gasteiger partial charge in [0.1, 0.15) is 5.00 Å². The zero-order valence-electron chi connectivity index (χ0n) is 17.1. The quantitative estimate of drug-likeness (QED) is 0.597. The first-order valence-corrected chi connectivity index (χ1v) is 11.0. The summed E-state index contributed by atoms with van der Waals surface area (Å²) in [5.74, 6) is -1.20. The highest BCUT2D eigenvalue weighted by Gasteiger charge is 2.25. The molecule has 1 aliphatic carbocycles. The summed E-state index contributed by atoms with van der Waals surface area (Å²) in [5, 5.41) is 3.36. The highest BCUT2D eigenvalue weighted by atomic mass is 32.1. The highest BCUT2D eigenvalue weighted by molar-refractivity contribution is 7.17. The number of fused-ring (bicyclic) bond motifs is 1. The fourth-order valence-corrected chi connectivity index (χ4v) is 4.99. The molecule has 8 heteroatoms. The fourth-order valence-electron chi connectivity index (χ4n) is 3.68. The molecule has 30 heavy (non-hydrogen) atoms. The summed E-state index contributed by atoms with van der Waals surface area (Å²) < 4.78 is 5.04. The minimum atomic E-state index is -0.516. The molecule has 2 amide bonds. The number of hydrogen-bond acceptors (Lipinski definition) is 6. The van der Waals surface area contributed by atoms with E-state index >= 15 is 0 Å². The van der Waals surface area contributed by atoms with Gasteiger partial charge in [-0.3, -0.25) is 19.3 Å². The number of amides is 2. The number of rotatable bonds is 9. The molecule has 1 heterocycles. The van der Waals surface area contributed by atoms with Crippen molar-refractivity contribution in [3.63, 3.8) is 0 Å². The number of esters is 1. The second kappa shape index (κ2) is 10.4. The van der Waals surface area contributed by atoms with Gasteiger partial charge in [-0.2, -0.15) is 0 Å². The maximum atomic E-state index is 12.8. The molecule has 7 nitrogen and oxygen atoms in total. The SMILES string of the molecule is CCOC(=O)CN(CC(=O)Nc1sc2c(c1C(N)=O)CCCC2)Cc1ccccc1. The first-order valence-electron chi connectivity index (χ1n) is 10.1. The Hall–Kier alpha value is -2.71.